The van der Waals surface area contributed by atoms with Crippen molar-refractivity contribution in [1.29, 1.82) is 0 Å². The molecule has 23 heavy (non-hydrogen) atoms. The van der Waals surface area contributed by atoms with Crippen LogP contribution in [0.15, 0.2) is 52.8 Å². The minimum Gasteiger partial charge on any atom is -0.354 e. The van der Waals surface area contributed by atoms with Crippen LogP contribution in [0.25, 0.3) is 10.1 Å². The van der Waals surface area contributed by atoms with E-state index in [0.29, 0.717) is 11.2 Å². The molecule has 0 unspecified atom stereocenters. The highest BCUT2D eigenvalue weighted by atomic mass is 32.1. The monoisotopic (exact) mass is 327 g/mol. The largest absolute Gasteiger partial charge is 0.354 e. The van der Waals surface area contributed by atoms with Gasteiger partial charge in [0.25, 0.3) is 5.56 Å². The Labute approximate surface area is 137 Å². The first kappa shape index (κ1) is 15.4. The summed E-state index contributed by atoms with van der Waals surface area (Å²) in [5.74, 6) is -0.191. The third kappa shape index (κ3) is 3.84. The van der Waals surface area contributed by atoms with Gasteiger partial charge >= 0.3 is 0 Å². The van der Waals surface area contributed by atoms with Crippen LogP contribution in [0.4, 0.5) is 0 Å². The quantitative estimate of drug-likeness (QED) is 0.706. The van der Waals surface area contributed by atoms with Gasteiger partial charge in [0.15, 0.2) is 0 Å². The number of hydrogen-bond acceptors (Lipinski definition) is 4. The van der Waals surface area contributed by atoms with Crippen LogP contribution in [0.3, 0.4) is 0 Å². The SMILES string of the molecule is O=C(Cn1ncc2ccsc2c1=O)NCCCc1ccccc1. The van der Waals surface area contributed by atoms with E-state index in [1.165, 1.54) is 21.6 Å². The molecular formula is C17H17N3O2S. The highest BCUT2D eigenvalue weighted by Crippen LogP contribution is 2.14. The molecule has 1 aromatic carbocycles. The number of rotatable bonds is 6. The number of aromatic nitrogens is 2. The van der Waals surface area contributed by atoms with Crippen molar-refractivity contribution in [3.05, 3.63) is 63.9 Å². The molecule has 2 aromatic heterocycles. The van der Waals surface area contributed by atoms with Gasteiger partial charge in [0.1, 0.15) is 11.2 Å². The molecule has 5 nitrogen and oxygen atoms in total. The number of nitrogens with one attached hydrogen (secondary N) is 1. The average molecular weight is 327 g/mol. The summed E-state index contributed by atoms with van der Waals surface area (Å²) in [6.07, 6.45) is 3.40. The molecule has 0 fully saturated rings. The van der Waals surface area contributed by atoms with Crippen molar-refractivity contribution < 1.29 is 4.79 Å². The molecule has 3 aromatic rings. The molecule has 0 atom stereocenters. The second-order valence-corrected chi connectivity index (χ2v) is 6.17. The number of benzene rings is 1. The summed E-state index contributed by atoms with van der Waals surface area (Å²) in [6.45, 7) is 0.543. The van der Waals surface area contributed by atoms with E-state index in [-0.39, 0.29) is 18.0 Å². The topological polar surface area (TPSA) is 64.0 Å². The molecule has 1 amide bonds. The predicted molar refractivity (Wildman–Crippen MR) is 91.7 cm³/mol. The molecule has 0 radical (unpaired) electrons. The number of hydrogen-bond donors (Lipinski definition) is 1. The third-order valence-electron chi connectivity index (χ3n) is 3.56. The maximum Gasteiger partial charge on any atom is 0.285 e. The van der Waals surface area contributed by atoms with Crippen molar-refractivity contribution in [3.63, 3.8) is 0 Å². The molecule has 0 spiro atoms. The van der Waals surface area contributed by atoms with E-state index < -0.39 is 0 Å². The Morgan fingerprint density at radius 3 is 2.87 bits per heavy atom. The van der Waals surface area contributed by atoms with E-state index in [1.807, 2.05) is 29.6 Å². The van der Waals surface area contributed by atoms with Crippen LogP contribution in [0.2, 0.25) is 0 Å². The molecule has 3 rings (SSSR count). The Balaban J connectivity index is 1.50. The second kappa shape index (κ2) is 7.19. The smallest absolute Gasteiger partial charge is 0.285 e. The van der Waals surface area contributed by atoms with Gasteiger partial charge < -0.3 is 5.32 Å². The maximum atomic E-state index is 12.2. The van der Waals surface area contributed by atoms with Crippen molar-refractivity contribution in [1.82, 2.24) is 15.1 Å². The number of nitrogens with zero attached hydrogens (tertiary/aromatic N) is 2. The lowest BCUT2D eigenvalue weighted by molar-refractivity contribution is -0.121. The van der Waals surface area contributed by atoms with Crippen molar-refractivity contribution >= 4 is 27.3 Å². The van der Waals surface area contributed by atoms with Gasteiger partial charge in [-0.25, -0.2) is 4.68 Å². The zero-order valence-corrected chi connectivity index (χ0v) is 13.4. The minimum atomic E-state index is -0.211. The van der Waals surface area contributed by atoms with Crippen molar-refractivity contribution in [2.45, 2.75) is 19.4 Å². The van der Waals surface area contributed by atoms with Crippen LogP contribution in [0.5, 0.6) is 0 Å². The maximum absolute atomic E-state index is 12.2. The molecule has 0 aliphatic carbocycles. The zero-order chi connectivity index (χ0) is 16.1. The van der Waals surface area contributed by atoms with Crippen molar-refractivity contribution in [3.8, 4) is 0 Å². The van der Waals surface area contributed by atoms with E-state index in [4.69, 9.17) is 0 Å². The fourth-order valence-corrected chi connectivity index (χ4v) is 3.18. The van der Waals surface area contributed by atoms with Gasteiger partial charge in [0.05, 0.1) is 6.20 Å². The van der Waals surface area contributed by atoms with Gasteiger partial charge in [-0.2, -0.15) is 5.10 Å². The summed E-state index contributed by atoms with van der Waals surface area (Å²) in [6, 6.07) is 12.0. The number of thiophene rings is 1. The Kier molecular flexibility index (Phi) is 4.83. The molecule has 0 aliphatic heterocycles. The highest BCUT2D eigenvalue weighted by Gasteiger charge is 2.08. The van der Waals surface area contributed by atoms with Crippen LogP contribution < -0.4 is 10.9 Å². The minimum absolute atomic E-state index is 0.0436. The van der Waals surface area contributed by atoms with Gasteiger partial charge in [-0.3, -0.25) is 9.59 Å². The lowest BCUT2D eigenvalue weighted by atomic mass is 10.1. The molecule has 0 aliphatic rings. The van der Waals surface area contributed by atoms with Crippen LogP contribution in [-0.2, 0) is 17.8 Å². The first-order valence-corrected chi connectivity index (χ1v) is 8.36. The summed E-state index contributed by atoms with van der Waals surface area (Å²) < 4.78 is 1.85. The molecule has 0 saturated carbocycles. The van der Waals surface area contributed by atoms with Crippen molar-refractivity contribution in [2.75, 3.05) is 6.54 Å². The summed E-state index contributed by atoms with van der Waals surface area (Å²) >= 11 is 1.37. The number of aryl methyl sites for hydroxylation is 1. The normalized spacial score (nSPS) is 10.8. The van der Waals surface area contributed by atoms with Crippen LogP contribution in [0, 0.1) is 0 Å². The summed E-state index contributed by atoms with van der Waals surface area (Å²) in [4.78, 5) is 24.1. The molecule has 0 bridgehead atoms. The Morgan fingerprint density at radius 2 is 2.04 bits per heavy atom. The standard InChI is InChI=1S/C17H17N3O2S/c21-15(18-9-4-7-13-5-2-1-3-6-13)12-20-17(22)16-14(11-19-20)8-10-23-16/h1-3,5-6,8,10-11H,4,7,9,12H2,(H,18,21). The lowest BCUT2D eigenvalue weighted by Gasteiger charge is -2.06. The van der Waals surface area contributed by atoms with Crippen molar-refractivity contribution in [2.24, 2.45) is 0 Å². The zero-order valence-electron chi connectivity index (χ0n) is 12.6. The number of amides is 1. The van der Waals surface area contributed by atoms with E-state index in [2.05, 4.69) is 22.5 Å². The van der Waals surface area contributed by atoms with Crippen LogP contribution in [-0.4, -0.2) is 22.2 Å². The van der Waals surface area contributed by atoms with Gasteiger partial charge in [0.2, 0.25) is 5.91 Å². The van der Waals surface area contributed by atoms with Gasteiger partial charge in [-0.15, -0.1) is 11.3 Å². The fourth-order valence-electron chi connectivity index (χ4n) is 2.37. The fraction of sp³-hybridized carbons (Fsp3) is 0.235. The Hall–Kier alpha value is -2.47. The molecule has 1 N–H and O–H groups in total. The lowest BCUT2D eigenvalue weighted by Crippen LogP contribution is -2.34. The van der Waals surface area contributed by atoms with E-state index >= 15 is 0 Å². The Morgan fingerprint density at radius 1 is 1.22 bits per heavy atom. The Bertz CT molecular complexity index is 855. The van der Waals surface area contributed by atoms with Gasteiger partial charge in [0, 0.05) is 11.9 Å². The summed E-state index contributed by atoms with van der Waals surface area (Å²) in [5.41, 5.74) is 1.04. The number of carbonyl (C=O) groups is 1. The molecule has 118 valence electrons. The summed E-state index contributed by atoms with van der Waals surface area (Å²) in [7, 11) is 0. The first-order chi connectivity index (χ1) is 11.2. The third-order valence-corrected chi connectivity index (χ3v) is 4.48. The molecule has 2 heterocycles. The number of carbonyl (C=O) groups excluding carboxylic acids is 1. The van der Waals surface area contributed by atoms with E-state index in [1.54, 1.807) is 6.20 Å². The van der Waals surface area contributed by atoms with E-state index in [9.17, 15) is 9.59 Å². The average Bonchev–Trinajstić information content (AvgIpc) is 3.05. The number of fused-ring (bicyclic) bond motifs is 1. The first-order valence-electron chi connectivity index (χ1n) is 7.48. The highest BCUT2D eigenvalue weighted by molar-refractivity contribution is 7.17. The molecule has 6 heteroatoms. The molecule has 0 saturated heterocycles. The second-order valence-electron chi connectivity index (χ2n) is 5.25. The van der Waals surface area contributed by atoms with Gasteiger partial charge in [-0.1, -0.05) is 30.3 Å². The molecular weight excluding hydrogens is 310 g/mol. The van der Waals surface area contributed by atoms with Gasteiger partial charge in [-0.05, 0) is 29.9 Å². The van der Waals surface area contributed by atoms with Crippen LogP contribution >= 0.6 is 11.3 Å². The van der Waals surface area contributed by atoms with Crippen LogP contribution in [0.1, 0.15) is 12.0 Å². The summed E-state index contributed by atoms with van der Waals surface area (Å²) in [5, 5.41) is 9.55. The van der Waals surface area contributed by atoms with E-state index in [0.717, 1.165) is 18.2 Å². The predicted octanol–water partition coefficient (Wildman–Crippen LogP) is 2.21.